The number of ether oxygens (including phenoxy) is 1. The van der Waals surface area contributed by atoms with E-state index in [-0.39, 0.29) is 30.6 Å². The van der Waals surface area contributed by atoms with Crippen LogP contribution in [-0.2, 0) is 11.3 Å². The SMILES string of the molecule is CCN(CC)CC1CCN(C(=NC)NCc2cccc(OCC(N)=O)c2)C1.I. The number of aliphatic imine (C=N–C) groups is 1. The van der Waals surface area contributed by atoms with E-state index in [0.717, 1.165) is 44.2 Å². The van der Waals surface area contributed by atoms with Gasteiger partial charge in [-0.15, -0.1) is 24.0 Å². The van der Waals surface area contributed by atoms with Crippen LogP contribution in [0.15, 0.2) is 29.3 Å². The molecule has 1 amide bonds. The van der Waals surface area contributed by atoms with Gasteiger partial charge < -0.3 is 25.6 Å². The summed E-state index contributed by atoms with van der Waals surface area (Å²) in [5, 5.41) is 3.44. The van der Waals surface area contributed by atoms with Crippen molar-refractivity contribution in [3.63, 3.8) is 0 Å². The van der Waals surface area contributed by atoms with Gasteiger partial charge in [-0.1, -0.05) is 26.0 Å². The molecule has 0 aromatic heterocycles. The number of amides is 1. The third kappa shape index (κ3) is 7.83. The van der Waals surface area contributed by atoms with E-state index < -0.39 is 5.91 Å². The Bertz CT molecular complexity index is 637. The predicted octanol–water partition coefficient (Wildman–Crippen LogP) is 1.91. The quantitative estimate of drug-likeness (QED) is 0.306. The van der Waals surface area contributed by atoms with E-state index in [1.807, 2.05) is 31.3 Å². The van der Waals surface area contributed by atoms with E-state index in [2.05, 4.69) is 34.0 Å². The van der Waals surface area contributed by atoms with E-state index in [1.165, 1.54) is 6.42 Å². The standard InChI is InChI=1S/C20H33N5O2.HI/c1-4-24(5-2)13-17-9-10-25(14-17)20(22-3)23-12-16-7-6-8-18(11-16)27-15-19(21)26;/h6-8,11,17H,4-5,9-10,12-15H2,1-3H3,(H2,21,26)(H,22,23);1H. The van der Waals surface area contributed by atoms with Crippen LogP contribution in [0.1, 0.15) is 25.8 Å². The molecule has 1 aromatic carbocycles. The van der Waals surface area contributed by atoms with Gasteiger partial charge in [0.25, 0.3) is 5.91 Å². The maximum atomic E-state index is 10.9. The first kappa shape index (κ1) is 24.5. The smallest absolute Gasteiger partial charge is 0.255 e. The van der Waals surface area contributed by atoms with Crippen molar-refractivity contribution in [3.8, 4) is 5.75 Å². The minimum atomic E-state index is -0.479. The second-order valence-corrected chi connectivity index (χ2v) is 6.89. The van der Waals surface area contributed by atoms with Crippen LogP contribution >= 0.6 is 24.0 Å². The van der Waals surface area contributed by atoms with E-state index in [9.17, 15) is 4.79 Å². The van der Waals surface area contributed by atoms with Gasteiger partial charge in [-0.25, -0.2) is 0 Å². The lowest BCUT2D eigenvalue weighted by Gasteiger charge is -2.24. The van der Waals surface area contributed by atoms with Gasteiger partial charge in [0.05, 0.1) is 0 Å². The number of hydrogen-bond acceptors (Lipinski definition) is 4. The van der Waals surface area contributed by atoms with E-state index in [1.54, 1.807) is 0 Å². The van der Waals surface area contributed by atoms with Crippen molar-refractivity contribution in [2.24, 2.45) is 16.6 Å². The molecule has 0 saturated carbocycles. The van der Waals surface area contributed by atoms with Gasteiger partial charge in [-0.2, -0.15) is 0 Å². The minimum absolute atomic E-state index is 0. The largest absolute Gasteiger partial charge is 0.484 e. The Labute approximate surface area is 185 Å². The molecule has 0 aliphatic carbocycles. The molecular weight excluding hydrogens is 469 g/mol. The number of carbonyl (C=O) groups is 1. The van der Waals surface area contributed by atoms with E-state index in [0.29, 0.717) is 18.2 Å². The lowest BCUT2D eigenvalue weighted by atomic mass is 10.1. The molecule has 2 rings (SSSR count). The number of primary amides is 1. The molecule has 1 atom stereocenters. The molecule has 1 aliphatic heterocycles. The Morgan fingerprint density at radius 3 is 2.79 bits per heavy atom. The lowest BCUT2D eigenvalue weighted by molar-refractivity contribution is -0.119. The molecule has 28 heavy (non-hydrogen) atoms. The molecule has 1 saturated heterocycles. The number of likely N-dealkylation sites (tertiary alicyclic amines) is 1. The fourth-order valence-corrected chi connectivity index (χ4v) is 3.43. The minimum Gasteiger partial charge on any atom is -0.484 e. The Hall–Kier alpha value is -1.55. The first-order chi connectivity index (χ1) is 13.0. The first-order valence-corrected chi connectivity index (χ1v) is 9.73. The van der Waals surface area contributed by atoms with Crippen molar-refractivity contribution in [2.75, 3.05) is 46.4 Å². The zero-order valence-corrected chi connectivity index (χ0v) is 19.5. The predicted molar refractivity (Wildman–Crippen MR) is 124 cm³/mol. The molecule has 1 fully saturated rings. The fraction of sp³-hybridized carbons (Fsp3) is 0.600. The Morgan fingerprint density at radius 2 is 2.14 bits per heavy atom. The van der Waals surface area contributed by atoms with Gasteiger partial charge in [0.1, 0.15) is 5.75 Å². The number of halogens is 1. The third-order valence-electron chi connectivity index (χ3n) is 4.94. The summed E-state index contributed by atoms with van der Waals surface area (Å²) in [6.07, 6.45) is 1.20. The number of nitrogens with one attached hydrogen (secondary N) is 1. The summed E-state index contributed by atoms with van der Waals surface area (Å²) >= 11 is 0. The zero-order valence-electron chi connectivity index (χ0n) is 17.2. The molecule has 3 N–H and O–H groups in total. The summed E-state index contributed by atoms with van der Waals surface area (Å²) in [5.74, 6) is 1.78. The highest BCUT2D eigenvalue weighted by Crippen LogP contribution is 2.18. The molecule has 7 nitrogen and oxygen atoms in total. The number of nitrogens with zero attached hydrogens (tertiary/aromatic N) is 3. The van der Waals surface area contributed by atoms with Crippen LogP contribution in [0, 0.1) is 5.92 Å². The molecule has 1 aromatic rings. The Balaban J connectivity index is 0.00000392. The van der Waals surface area contributed by atoms with Crippen LogP contribution in [0.3, 0.4) is 0 Å². The second kappa shape index (κ2) is 12.8. The summed E-state index contributed by atoms with van der Waals surface area (Å²) < 4.78 is 5.37. The number of guanidine groups is 1. The van der Waals surface area contributed by atoms with Gasteiger partial charge in [-0.05, 0) is 43.1 Å². The van der Waals surface area contributed by atoms with Crippen molar-refractivity contribution < 1.29 is 9.53 Å². The van der Waals surface area contributed by atoms with Crippen LogP contribution in [-0.4, -0.2) is 68.0 Å². The fourth-order valence-electron chi connectivity index (χ4n) is 3.43. The van der Waals surface area contributed by atoms with Gasteiger partial charge in [0, 0.05) is 33.2 Å². The highest BCUT2D eigenvalue weighted by Gasteiger charge is 2.25. The average molecular weight is 503 g/mol. The summed E-state index contributed by atoms with van der Waals surface area (Å²) in [6.45, 7) is 10.4. The van der Waals surface area contributed by atoms with Crippen LogP contribution in [0.25, 0.3) is 0 Å². The maximum absolute atomic E-state index is 10.9. The number of rotatable bonds is 9. The van der Waals surface area contributed by atoms with Crippen molar-refractivity contribution >= 4 is 35.8 Å². The molecule has 0 bridgehead atoms. The summed E-state index contributed by atoms with van der Waals surface area (Å²) in [4.78, 5) is 20.1. The average Bonchev–Trinajstić information content (AvgIpc) is 3.13. The Kier molecular flexibility index (Phi) is 11.2. The molecule has 8 heteroatoms. The third-order valence-corrected chi connectivity index (χ3v) is 4.94. The molecule has 1 aliphatic rings. The van der Waals surface area contributed by atoms with Crippen molar-refractivity contribution in [2.45, 2.75) is 26.8 Å². The summed E-state index contributed by atoms with van der Waals surface area (Å²) in [5.41, 5.74) is 6.19. The number of benzene rings is 1. The topological polar surface area (TPSA) is 83.2 Å². The highest BCUT2D eigenvalue weighted by atomic mass is 127. The molecule has 1 unspecified atom stereocenters. The van der Waals surface area contributed by atoms with Crippen molar-refractivity contribution in [3.05, 3.63) is 29.8 Å². The van der Waals surface area contributed by atoms with Gasteiger partial charge >= 0.3 is 0 Å². The molecule has 1 heterocycles. The van der Waals surface area contributed by atoms with Crippen LogP contribution < -0.4 is 15.8 Å². The molecule has 158 valence electrons. The van der Waals surface area contributed by atoms with Crippen LogP contribution in [0.5, 0.6) is 5.75 Å². The van der Waals surface area contributed by atoms with Crippen molar-refractivity contribution in [1.29, 1.82) is 0 Å². The lowest BCUT2D eigenvalue weighted by Crippen LogP contribution is -2.40. The van der Waals surface area contributed by atoms with E-state index in [4.69, 9.17) is 10.5 Å². The monoisotopic (exact) mass is 503 g/mol. The van der Waals surface area contributed by atoms with Crippen molar-refractivity contribution in [1.82, 2.24) is 15.1 Å². The van der Waals surface area contributed by atoms with Gasteiger partial charge in [0.2, 0.25) is 0 Å². The Morgan fingerprint density at radius 1 is 1.39 bits per heavy atom. The van der Waals surface area contributed by atoms with E-state index >= 15 is 0 Å². The van der Waals surface area contributed by atoms with Gasteiger partial charge in [-0.3, -0.25) is 9.79 Å². The first-order valence-electron chi connectivity index (χ1n) is 9.73. The maximum Gasteiger partial charge on any atom is 0.255 e. The zero-order chi connectivity index (χ0) is 19.6. The number of hydrogen-bond donors (Lipinski definition) is 2. The van der Waals surface area contributed by atoms with Gasteiger partial charge in [0.15, 0.2) is 12.6 Å². The number of nitrogens with two attached hydrogens (primary N) is 1. The van der Waals surface area contributed by atoms with Crippen LogP contribution in [0.4, 0.5) is 0 Å². The normalized spacial score (nSPS) is 16.8. The molecule has 0 radical (unpaired) electrons. The molecule has 0 spiro atoms. The number of carbonyl (C=O) groups excluding carboxylic acids is 1. The summed E-state index contributed by atoms with van der Waals surface area (Å²) in [6, 6.07) is 7.66. The van der Waals surface area contributed by atoms with Crippen LogP contribution in [0.2, 0.25) is 0 Å². The second-order valence-electron chi connectivity index (χ2n) is 6.89. The molecular formula is C20H34IN5O2. The highest BCUT2D eigenvalue weighted by molar-refractivity contribution is 14.0. The summed E-state index contributed by atoms with van der Waals surface area (Å²) in [7, 11) is 1.83.